The van der Waals surface area contributed by atoms with E-state index in [4.69, 9.17) is 0 Å². The molecule has 0 unspecified atom stereocenters. The van der Waals surface area contributed by atoms with E-state index < -0.39 is 0 Å². The Labute approximate surface area is 138 Å². The van der Waals surface area contributed by atoms with Gasteiger partial charge in [-0.3, -0.25) is 4.79 Å². The highest BCUT2D eigenvalue weighted by atomic mass is 32.2. The first-order valence-corrected chi connectivity index (χ1v) is 8.96. The highest BCUT2D eigenvalue weighted by Crippen LogP contribution is 2.31. The molecule has 2 rings (SSSR count). The monoisotopic (exact) mass is 336 g/mol. The van der Waals surface area contributed by atoms with E-state index in [0.29, 0.717) is 6.54 Å². The summed E-state index contributed by atoms with van der Waals surface area (Å²) in [6.07, 6.45) is 0.956. The predicted molar refractivity (Wildman–Crippen MR) is 93.0 cm³/mol. The fraction of sp³-hybridized carbons (Fsp3) is 0.400. The highest BCUT2D eigenvalue weighted by molar-refractivity contribution is 8.02. The number of carbonyl (C=O) groups excluding carboxylic acids is 1. The summed E-state index contributed by atoms with van der Waals surface area (Å²) >= 11 is 2.89. The third kappa shape index (κ3) is 4.45. The Kier molecular flexibility index (Phi) is 6.21. The van der Waals surface area contributed by atoms with E-state index in [2.05, 4.69) is 33.8 Å². The first-order chi connectivity index (χ1) is 10.6. The number of amides is 1. The number of hydrogen-bond acceptors (Lipinski definition) is 6. The van der Waals surface area contributed by atoms with E-state index in [1.165, 1.54) is 28.7 Å². The molecule has 0 aliphatic carbocycles. The zero-order valence-corrected chi connectivity index (χ0v) is 14.6. The van der Waals surface area contributed by atoms with Gasteiger partial charge in [0.2, 0.25) is 11.0 Å². The van der Waals surface area contributed by atoms with E-state index in [-0.39, 0.29) is 11.2 Å². The number of aryl methyl sites for hydroxylation is 1. The van der Waals surface area contributed by atoms with Crippen LogP contribution in [0.25, 0.3) is 0 Å². The molecule has 0 radical (unpaired) electrons. The Morgan fingerprint density at radius 1 is 1.32 bits per heavy atom. The minimum atomic E-state index is -0.177. The SMILES string of the molecule is CCNC(=O)[C@H](C)Sc1nnc(Nc2ccccc2CC)s1. The molecular formula is C15H20N4OS2. The van der Waals surface area contributed by atoms with Gasteiger partial charge >= 0.3 is 0 Å². The molecule has 0 aliphatic rings. The van der Waals surface area contributed by atoms with Gasteiger partial charge in [0.25, 0.3) is 0 Å². The van der Waals surface area contributed by atoms with Crippen molar-refractivity contribution in [3.05, 3.63) is 29.8 Å². The van der Waals surface area contributed by atoms with E-state index in [0.717, 1.165) is 21.6 Å². The van der Waals surface area contributed by atoms with Crippen molar-refractivity contribution >= 4 is 39.8 Å². The van der Waals surface area contributed by atoms with Crippen LogP contribution < -0.4 is 10.6 Å². The summed E-state index contributed by atoms with van der Waals surface area (Å²) in [5, 5.41) is 15.0. The van der Waals surface area contributed by atoms with Crippen molar-refractivity contribution in [2.24, 2.45) is 0 Å². The molecule has 0 bridgehead atoms. The summed E-state index contributed by atoms with van der Waals surface area (Å²) in [5.41, 5.74) is 2.29. The summed E-state index contributed by atoms with van der Waals surface area (Å²) in [6, 6.07) is 8.15. The number of nitrogens with one attached hydrogen (secondary N) is 2. The number of aromatic nitrogens is 2. The molecule has 1 aromatic heterocycles. The maximum absolute atomic E-state index is 11.7. The molecule has 0 spiro atoms. The fourth-order valence-corrected chi connectivity index (χ4v) is 3.83. The van der Waals surface area contributed by atoms with E-state index in [1.807, 2.05) is 32.0 Å². The summed E-state index contributed by atoms with van der Waals surface area (Å²) in [4.78, 5) is 11.7. The Bertz CT molecular complexity index is 630. The van der Waals surface area contributed by atoms with E-state index in [9.17, 15) is 4.79 Å². The number of benzene rings is 1. The largest absolute Gasteiger partial charge is 0.355 e. The molecule has 1 heterocycles. The molecule has 1 amide bonds. The van der Waals surface area contributed by atoms with Gasteiger partial charge in [-0.1, -0.05) is 48.2 Å². The van der Waals surface area contributed by atoms with Crippen LogP contribution in [0, 0.1) is 0 Å². The summed E-state index contributed by atoms with van der Waals surface area (Å²) in [6.45, 7) is 6.54. The second-order valence-electron chi connectivity index (χ2n) is 4.66. The summed E-state index contributed by atoms with van der Waals surface area (Å²) < 4.78 is 0.787. The summed E-state index contributed by atoms with van der Waals surface area (Å²) in [5.74, 6) is 0.0218. The standard InChI is InChI=1S/C15H20N4OS2/c1-4-11-8-6-7-9-12(11)17-14-18-19-15(22-14)21-10(3)13(20)16-5-2/h6-10H,4-5H2,1-3H3,(H,16,20)(H,17,18)/t10-/m0/s1. The lowest BCUT2D eigenvalue weighted by atomic mass is 10.1. The number of thioether (sulfide) groups is 1. The Balaban J connectivity index is 2.01. The van der Waals surface area contributed by atoms with Gasteiger partial charge in [-0.25, -0.2) is 0 Å². The second-order valence-corrected chi connectivity index (χ2v) is 7.23. The number of hydrogen-bond donors (Lipinski definition) is 2. The molecule has 0 saturated carbocycles. The molecule has 1 atom stereocenters. The van der Waals surface area contributed by atoms with Crippen LogP contribution in [0.4, 0.5) is 10.8 Å². The van der Waals surface area contributed by atoms with Crippen LogP contribution in [0.15, 0.2) is 28.6 Å². The molecule has 22 heavy (non-hydrogen) atoms. The lowest BCUT2D eigenvalue weighted by Crippen LogP contribution is -2.30. The molecule has 118 valence electrons. The van der Waals surface area contributed by atoms with Gasteiger partial charge in [-0.2, -0.15) is 0 Å². The highest BCUT2D eigenvalue weighted by Gasteiger charge is 2.16. The Hall–Kier alpha value is -1.60. The van der Waals surface area contributed by atoms with Crippen molar-refractivity contribution < 1.29 is 4.79 Å². The first kappa shape index (κ1) is 16.8. The van der Waals surface area contributed by atoms with Gasteiger partial charge in [-0.15, -0.1) is 10.2 Å². The van der Waals surface area contributed by atoms with Gasteiger partial charge in [0.1, 0.15) is 0 Å². The first-order valence-electron chi connectivity index (χ1n) is 7.26. The molecule has 7 heteroatoms. The summed E-state index contributed by atoms with van der Waals surface area (Å²) in [7, 11) is 0. The zero-order valence-electron chi connectivity index (χ0n) is 12.9. The minimum absolute atomic E-state index is 0.0218. The molecule has 2 aromatic rings. The molecule has 1 aromatic carbocycles. The van der Waals surface area contributed by atoms with Crippen LogP contribution >= 0.6 is 23.1 Å². The number of rotatable bonds is 7. The van der Waals surface area contributed by atoms with Gasteiger partial charge in [0.15, 0.2) is 4.34 Å². The lowest BCUT2D eigenvalue weighted by Gasteiger charge is -2.08. The average Bonchev–Trinajstić information content (AvgIpc) is 2.95. The van der Waals surface area contributed by atoms with Crippen molar-refractivity contribution in [2.75, 3.05) is 11.9 Å². The van der Waals surface area contributed by atoms with Gasteiger partial charge in [0, 0.05) is 12.2 Å². The van der Waals surface area contributed by atoms with Crippen molar-refractivity contribution in [1.29, 1.82) is 0 Å². The number of anilines is 2. The number of nitrogens with zero attached hydrogens (tertiary/aromatic N) is 2. The maximum Gasteiger partial charge on any atom is 0.233 e. The topological polar surface area (TPSA) is 66.9 Å². The quantitative estimate of drug-likeness (QED) is 0.758. The van der Waals surface area contributed by atoms with Crippen LogP contribution in [-0.4, -0.2) is 27.9 Å². The lowest BCUT2D eigenvalue weighted by molar-refractivity contribution is -0.120. The normalized spacial score (nSPS) is 12.0. The van der Waals surface area contributed by atoms with Crippen LogP contribution in [0.5, 0.6) is 0 Å². The Morgan fingerprint density at radius 3 is 2.82 bits per heavy atom. The predicted octanol–water partition coefficient (Wildman–Crippen LogP) is 3.46. The van der Waals surface area contributed by atoms with Crippen molar-refractivity contribution in [1.82, 2.24) is 15.5 Å². The molecule has 0 fully saturated rings. The van der Waals surface area contributed by atoms with Gasteiger partial charge in [-0.05, 0) is 31.9 Å². The van der Waals surface area contributed by atoms with Crippen LogP contribution in [0.3, 0.4) is 0 Å². The van der Waals surface area contributed by atoms with E-state index in [1.54, 1.807) is 0 Å². The molecule has 0 saturated heterocycles. The minimum Gasteiger partial charge on any atom is -0.355 e. The fourth-order valence-electron chi connectivity index (χ4n) is 1.90. The third-order valence-corrected chi connectivity index (χ3v) is 5.07. The van der Waals surface area contributed by atoms with Crippen LogP contribution in [0.2, 0.25) is 0 Å². The maximum atomic E-state index is 11.7. The Morgan fingerprint density at radius 2 is 2.09 bits per heavy atom. The third-order valence-electron chi connectivity index (χ3n) is 3.04. The molecule has 5 nitrogen and oxygen atoms in total. The number of carbonyl (C=O) groups is 1. The molecule has 2 N–H and O–H groups in total. The molecule has 0 aliphatic heterocycles. The zero-order chi connectivity index (χ0) is 15.9. The van der Waals surface area contributed by atoms with Crippen LogP contribution in [-0.2, 0) is 11.2 Å². The van der Waals surface area contributed by atoms with Crippen molar-refractivity contribution in [3.8, 4) is 0 Å². The van der Waals surface area contributed by atoms with Crippen LogP contribution in [0.1, 0.15) is 26.3 Å². The van der Waals surface area contributed by atoms with E-state index >= 15 is 0 Å². The van der Waals surface area contributed by atoms with Crippen molar-refractivity contribution in [3.63, 3.8) is 0 Å². The smallest absolute Gasteiger partial charge is 0.233 e. The average molecular weight is 336 g/mol. The molecular weight excluding hydrogens is 316 g/mol. The second kappa shape index (κ2) is 8.14. The van der Waals surface area contributed by atoms with Crippen molar-refractivity contribution in [2.45, 2.75) is 36.8 Å². The van der Waals surface area contributed by atoms with Gasteiger partial charge in [0.05, 0.1) is 5.25 Å². The van der Waals surface area contributed by atoms with Gasteiger partial charge < -0.3 is 10.6 Å². The number of para-hydroxylation sites is 1.